The number of carbonyl (C=O) groups is 1. The minimum Gasteiger partial charge on any atom is -0.345 e. The molecular formula is C15H12ClN3O3S. The van der Waals surface area contributed by atoms with Crippen LogP contribution in [-0.4, -0.2) is 20.2 Å². The fourth-order valence-electron chi connectivity index (χ4n) is 2.11. The number of rotatable bonds is 3. The molecule has 0 unspecified atom stereocenters. The van der Waals surface area contributed by atoms with Crippen molar-refractivity contribution in [2.75, 3.05) is 5.32 Å². The summed E-state index contributed by atoms with van der Waals surface area (Å²) in [5, 5.41) is 5.84. The van der Waals surface area contributed by atoms with Gasteiger partial charge in [0.15, 0.2) is 0 Å². The lowest BCUT2D eigenvalue weighted by Crippen LogP contribution is -2.37. The van der Waals surface area contributed by atoms with Gasteiger partial charge in [0.05, 0.1) is 5.69 Å². The maximum absolute atomic E-state index is 12.2. The van der Waals surface area contributed by atoms with Crippen molar-refractivity contribution in [3.63, 3.8) is 0 Å². The van der Waals surface area contributed by atoms with E-state index in [1.807, 2.05) is 0 Å². The Morgan fingerprint density at radius 2 is 1.83 bits per heavy atom. The molecule has 0 spiro atoms. The van der Waals surface area contributed by atoms with Crippen molar-refractivity contribution in [2.45, 2.75) is 11.4 Å². The number of carbonyl (C=O) groups excluding carboxylic acids is 1. The van der Waals surface area contributed by atoms with Gasteiger partial charge in [0.2, 0.25) is 5.84 Å². The Bertz CT molecular complexity index is 910. The normalized spacial score (nSPS) is 15.1. The van der Waals surface area contributed by atoms with Crippen LogP contribution in [0.3, 0.4) is 0 Å². The molecule has 3 rings (SSSR count). The number of halogens is 1. The highest BCUT2D eigenvalue weighted by Crippen LogP contribution is 2.26. The Morgan fingerprint density at radius 1 is 1.13 bits per heavy atom. The second-order valence-corrected chi connectivity index (χ2v) is 6.79. The van der Waals surface area contributed by atoms with Crippen LogP contribution >= 0.6 is 11.6 Å². The Balaban J connectivity index is 1.79. The molecule has 0 fully saturated rings. The molecule has 0 aromatic heterocycles. The Morgan fingerprint density at radius 3 is 2.61 bits per heavy atom. The fraction of sp³-hybridized carbons (Fsp3) is 0.0667. The zero-order valence-corrected chi connectivity index (χ0v) is 13.4. The first-order valence-electron chi connectivity index (χ1n) is 6.70. The lowest BCUT2D eigenvalue weighted by molar-refractivity contribution is -0.114. The molecule has 118 valence electrons. The van der Waals surface area contributed by atoms with E-state index in [0.717, 1.165) is 5.56 Å². The molecule has 2 N–H and O–H groups in total. The quantitative estimate of drug-likeness (QED) is 0.889. The van der Waals surface area contributed by atoms with Crippen LogP contribution in [0.25, 0.3) is 0 Å². The number of sulfonamides is 1. The average Bonchev–Trinajstić information content (AvgIpc) is 2.53. The van der Waals surface area contributed by atoms with E-state index < -0.39 is 15.9 Å². The SMILES string of the molecule is O=C(NCc1ccccc1Cl)C1=NS(=O)(=O)c2ccccc2N1. The number of nitrogens with zero attached hydrogens (tertiary/aromatic N) is 1. The molecule has 8 heteroatoms. The zero-order valence-electron chi connectivity index (χ0n) is 11.8. The van der Waals surface area contributed by atoms with E-state index in [1.54, 1.807) is 42.5 Å². The first-order chi connectivity index (χ1) is 11.0. The summed E-state index contributed by atoms with van der Waals surface area (Å²) in [6.07, 6.45) is 0. The minimum absolute atomic E-state index is 0.0441. The van der Waals surface area contributed by atoms with Crippen LogP contribution in [0.4, 0.5) is 5.69 Å². The molecule has 0 aliphatic carbocycles. The highest BCUT2D eigenvalue weighted by Gasteiger charge is 2.27. The van der Waals surface area contributed by atoms with Crippen molar-refractivity contribution in [2.24, 2.45) is 4.40 Å². The Labute approximate surface area is 138 Å². The van der Waals surface area contributed by atoms with E-state index in [-0.39, 0.29) is 17.3 Å². The van der Waals surface area contributed by atoms with E-state index in [0.29, 0.717) is 10.7 Å². The second-order valence-electron chi connectivity index (χ2n) is 4.81. The molecule has 0 atom stereocenters. The number of nitrogens with one attached hydrogen (secondary N) is 2. The number of hydrogen-bond acceptors (Lipinski definition) is 4. The molecule has 0 bridgehead atoms. The largest absolute Gasteiger partial charge is 0.345 e. The van der Waals surface area contributed by atoms with Crippen LogP contribution in [0, 0.1) is 0 Å². The van der Waals surface area contributed by atoms with Crippen LogP contribution in [0.2, 0.25) is 5.02 Å². The van der Waals surface area contributed by atoms with Gasteiger partial charge < -0.3 is 10.6 Å². The third-order valence-corrected chi connectivity index (χ3v) is 4.95. The maximum atomic E-state index is 12.2. The molecule has 0 saturated carbocycles. The van der Waals surface area contributed by atoms with Crippen molar-refractivity contribution in [3.8, 4) is 0 Å². The van der Waals surface area contributed by atoms with Gasteiger partial charge in [-0.15, -0.1) is 4.40 Å². The van der Waals surface area contributed by atoms with Crippen molar-refractivity contribution < 1.29 is 13.2 Å². The second kappa shape index (κ2) is 6.02. The van der Waals surface area contributed by atoms with Crippen LogP contribution in [0.15, 0.2) is 57.8 Å². The molecule has 1 aliphatic heterocycles. The van der Waals surface area contributed by atoms with Gasteiger partial charge in [-0.05, 0) is 23.8 Å². The molecule has 6 nitrogen and oxygen atoms in total. The molecule has 0 radical (unpaired) electrons. The number of anilines is 1. The average molecular weight is 350 g/mol. The molecule has 1 amide bonds. The molecule has 2 aromatic carbocycles. The summed E-state index contributed by atoms with van der Waals surface area (Å²) in [5.41, 5.74) is 1.05. The molecule has 1 heterocycles. The number of amidine groups is 1. The van der Waals surface area contributed by atoms with Crippen LogP contribution in [0.1, 0.15) is 5.56 Å². The van der Waals surface area contributed by atoms with Crippen molar-refractivity contribution in [1.29, 1.82) is 0 Å². The zero-order chi connectivity index (χ0) is 16.4. The van der Waals surface area contributed by atoms with Gasteiger partial charge in [-0.3, -0.25) is 4.79 Å². The van der Waals surface area contributed by atoms with Crippen molar-refractivity contribution in [1.82, 2.24) is 5.32 Å². The predicted molar refractivity (Wildman–Crippen MR) is 88.0 cm³/mol. The topological polar surface area (TPSA) is 87.6 Å². The molecule has 0 saturated heterocycles. The first-order valence-corrected chi connectivity index (χ1v) is 8.52. The molecule has 1 aliphatic rings. The summed E-state index contributed by atoms with van der Waals surface area (Å²) in [4.78, 5) is 12.2. The van der Waals surface area contributed by atoms with E-state index in [1.165, 1.54) is 6.07 Å². The third kappa shape index (κ3) is 3.20. The molecular weight excluding hydrogens is 338 g/mol. The van der Waals surface area contributed by atoms with Crippen molar-refractivity contribution >= 4 is 39.1 Å². The highest BCUT2D eigenvalue weighted by atomic mass is 35.5. The van der Waals surface area contributed by atoms with E-state index >= 15 is 0 Å². The summed E-state index contributed by atoms with van der Waals surface area (Å²) >= 11 is 6.01. The Hall–Kier alpha value is -2.38. The number of para-hydroxylation sites is 1. The van der Waals surface area contributed by atoms with E-state index in [9.17, 15) is 13.2 Å². The van der Waals surface area contributed by atoms with Crippen LogP contribution < -0.4 is 10.6 Å². The number of hydrogen-bond donors (Lipinski definition) is 2. The van der Waals surface area contributed by atoms with Gasteiger partial charge in [0.25, 0.3) is 15.9 Å². The number of amides is 1. The summed E-state index contributed by atoms with van der Waals surface area (Å²) in [5.74, 6) is -0.890. The predicted octanol–water partition coefficient (Wildman–Crippen LogP) is 2.17. The van der Waals surface area contributed by atoms with Crippen molar-refractivity contribution in [3.05, 3.63) is 59.1 Å². The van der Waals surface area contributed by atoms with Crippen LogP contribution in [0.5, 0.6) is 0 Å². The summed E-state index contributed by atoms with van der Waals surface area (Å²) in [6.45, 7) is 0.168. The fourth-order valence-corrected chi connectivity index (χ4v) is 3.43. The summed E-state index contributed by atoms with van der Waals surface area (Å²) in [6, 6.07) is 13.3. The third-order valence-electron chi connectivity index (χ3n) is 3.24. The van der Waals surface area contributed by atoms with Gasteiger partial charge in [0.1, 0.15) is 4.90 Å². The molecule has 23 heavy (non-hydrogen) atoms. The summed E-state index contributed by atoms with van der Waals surface area (Å²) in [7, 11) is -3.89. The van der Waals surface area contributed by atoms with Gasteiger partial charge >= 0.3 is 0 Å². The standard InChI is InChI=1S/C15H12ClN3O3S/c16-11-6-2-1-5-10(11)9-17-15(20)14-18-12-7-3-4-8-13(12)23(21,22)19-14/h1-8H,9H2,(H,17,20)(H,18,19). The monoisotopic (exact) mass is 349 g/mol. The number of benzene rings is 2. The summed E-state index contributed by atoms with van der Waals surface area (Å²) < 4.78 is 27.7. The van der Waals surface area contributed by atoms with Gasteiger partial charge in [0, 0.05) is 11.6 Å². The van der Waals surface area contributed by atoms with E-state index in [4.69, 9.17) is 11.6 Å². The Kier molecular flexibility index (Phi) is 4.06. The van der Waals surface area contributed by atoms with Gasteiger partial charge in [-0.25, -0.2) is 0 Å². The highest BCUT2D eigenvalue weighted by molar-refractivity contribution is 7.90. The van der Waals surface area contributed by atoms with Crippen LogP contribution in [-0.2, 0) is 21.4 Å². The molecule has 2 aromatic rings. The maximum Gasteiger partial charge on any atom is 0.288 e. The van der Waals surface area contributed by atoms with E-state index in [2.05, 4.69) is 15.0 Å². The minimum atomic E-state index is -3.89. The lowest BCUT2D eigenvalue weighted by Gasteiger charge is -2.17. The smallest absolute Gasteiger partial charge is 0.288 e. The number of fused-ring (bicyclic) bond motifs is 1. The van der Waals surface area contributed by atoms with Gasteiger partial charge in [-0.2, -0.15) is 8.42 Å². The lowest BCUT2D eigenvalue weighted by atomic mass is 10.2. The van der Waals surface area contributed by atoms with Gasteiger partial charge in [-0.1, -0.05) is 41.9 Å². The first kappa shape index (κ1) is 15.5.